The Morgan fingerprint density at radius 1 is 1.47 bits per heavy atom. The summed E-state index contributed by atoms with van der Waals surface area (Å²) in [6.45, 7) is 6.78. The van der Waals surface area contributed by atoms with Gasteiger partial charge in [0.25, 0.3) is 0 Å². The molecule has 0 aliphatic carbocycles. The van der Waals surface area contributed by atoms with Gasteiger partial charge in [0, 0.05) is 30.9 Å². The van der Waals surface area contributed by atoms with Crippen molar-refractivity contribution in [1.82, 2.24) is 4.90 Å². The molecule has 1 heterocycles. The Morgan fingerprint density at radius 3 is 3.16 bits per heavy atom. The molecule has 1 aromatic carbocycles. The molecule has 1 aliphatic heterocycles. The number of nitrogens with two attached hydrogens (primary N) is 1. The average Bonchev–Trinajstić information content (AvgIpc) is 2.44. The first-order valence-electron chi connectivity index (χ1n) is 7.09. The van der Waals surface area contributed by atoms with Gasteiger partial charge in [-0.2, -0.15) is 0 Å². The Kier molecular flexibility index (Phi) is 5.48. The van der Waals surface area contributed by atoms with Crippen molar-refractivity contribution in [2.24, 2.45) is 0 Å². The van der Waals surface area contributed by atoms with Crippen LogP contribution < -0.4 is 10.5 Å². The molecule has 1 fully saturated rings. The average molecular weight is 264 g/mol. The lowest BCUT2D eigenvalue weighted by Gasteiger charge is -2.34. The topological polar surface area (TPSA) is 47.7 Å². The summed E-state index contributed by atoms with van der Waals surface area (Å²) >= 11 is 0. The molecule has 1 saturated heterocycles. The Bertz CT molecular complexity index is 384. The Morgan fingerprint density at radius 2 is 2.37 bits per heavy atom. The maximum atomic E-state index is 5.71. The minimum Gasteiger partial charge on any atom is -0.493 e. The molecule has 1 atom stereocenters. The fraction of sp³-hybridized carbons (Fsp3) is 0.600. The first-order chi connectivity index (χ1) is 9.29. The van der Waals surface area contributed by atoms with Crippen LogP contribution in [0.2, 0.25) is 0 Å². The van der Waals surface area contributed by atoms with E-state index in [2.05, 4.69) is 11.8 Å². The number of hydrogen-bond acceptors (Lipinski definition) is 4. The van der Waals surface area contributed by atoms with E-state index in [4.69, 9.17) is 15.2 Å². The summed E-state index contributed by atoms with van der Waals surface area (Å²) in [6.07, 6.45) is 2.18. The van der Waals surface area contributed by atoms with E-state index < -0.39 is 0 Å². The number of ether oxygens (including phenoxy) is 2. The standard InChI is InChI=1S/C15H24N2O2/c1-2-14-12-18-10-8-17(14)7-4-9-19-15-6-3-5-13(16)11-15/h3,5-6,11,14H,2,4,7-10,12,16H2,1H3. The smallest absolute Gasteiger partial charge is 0.121 e. The van der Waals surface area contributed by atoms with E-state index in [-0.39, 0.29) is 0 Å². The number of hydrogen-bond donors (Lipinski definition) is 1. The molecular weight excluding hydrogens is 240 g/mol. The highest BCUT2D eigenvalue weighted by atomic mass is 16.5. The van der Waals surface area contributed by atoms with Crippen LogP contribution in [0.4, 0.5) is 5.69 Å². The van der Waals surface area contributed by atoms with Crippen LogP contribution in [0, 0.1) is 0 Å². The van der Waals surface area contributed by atoms with Gasteiger partial charge in [0.05, 0.1) is 19.8 Å². The summed E-state index contributed by atoms with van der Waals surface area (Å²) in [5, 5.41) is 0. The lowest BCUT2D eigenvalue weighted by Crippen LogP contribution is -2.45. The molecule has 1 aliphatic rings. The molecular formula is C15H24N2O2. The Hall–Kier alpha value is -1.26. The molecule has 2 rings (SSSR count). The predicted octanol–water partition coefficient (Wildman–Crippen LogP) is 2.15. The molecule has 19 heavy (non-hydrogen) atoms. The van der Waals surface area contributed by atoms with Crippen LogP contribution in [0.1, 0.15) is 19.8 Å². The van der Waals surface area contributed by atoms with Crippen molar-refractivity contribution in [3.8, 4) is 5.75 Å². The van der Waals surface area contributed by atoms with E-state index in [0.717, 1.165) is 57.2 Å². The van der Waals surface area contributed by atoms with Crippen molar-refractivity contribution in [3.63, 3.8) is 0 Å². The predicted molar refractivity (Wildman–Crippen MR) is 77.4 cm³/mol. The second kappa shape index (κ2) is 7.36. The monoisotopic (exact) mass is 264 g/mol. The zero-order valence-corrected chi connectivity index (χ0v) is 11.7. The van der Waals surface area contributed by atoms with Gasteiger partial charge in [-0.15, -0.1) is 0 Å². The van der Waals surface area contributed by atoms with Gasteiger partial charge >= 0.3 is 0 Å². The van der Waals surface area contributed by atoms with E-state index in [1.54, 1.807) is 0 Å². The van der Waals surface area contributed by atoms with Gasteiger partial charge < -0.3 is 15.2 Å². The molecule has 0 radical (unpaired) electrons. The second-order valence-corrected chi connectivity index (χ2v) is 4.95. The largest absolute Gasteiger partial charge is 0.493 e. The molecule has 4 heteroatoms. The van der Waals surface area contributed by atoms with Gasteiger partial charge in [-0.1, -0.05) is 13.0 Å². The van der Waals surface area contributed by atoms with Crippen LogP contribution in [0.5, 0.6) is 5.75 Å². The van der Waals surface area contributed by atoms with Crippen LogP contribution in [0.15, 0.2) is 24.3 Å². The Balaban J connectivity index is 1.68. The molecule has 0 amide bonds. The molecule has 0 bridgehead atoms. The summed E-state index contributed by atoms with van der Waals surface area (Å²) < 4.78 is 11.2. The number of benzene rings is 1. The number of nitrogen functional groups attached to an aromatic ring is 1. The molecule has 0 saturated carbocycles. The van der Waals surface area contributed by atoms with Crippen LogP contribution in [-0.4, -0.2) is 43.9 Å². The lowest BCUT2D eigenvalue weighted by atomic mass is 10.1. The van der Waals surface area contributed by atoms with Crippen molar-refractivity contribution in [2.45, 2.75) is 25.8 Å². The van der Waals surface area contributed by atoms with Crippen LogP contribution in [-0.2, 0) is 4.74 Å². The third kappa shape index (κ3) is 4.40. The number of anilines is 1. The molecule has 106 valence electrons. The normalized spacial score (nSPS) is 20.4. The third-order valence-corrected chi connectivity index (χ3v) is 3.54. The first kappa shape index (κ1) is 14.2. The summed E-state index contributed by atoms with van der Waals surface area (Å²) in [5.74, 6) is 0.856. The molecule has 2 N–H and O–H groups in total. The summed E-state index contributed by atoms with van der Waals surface area (Å²) in [6, 6.07) is 8.16. The summed E-state index contributed by atoms with van der Waals surface area (Å²) in [4.78, 5) is 2.51. The third-order valence-electron chi connectivity index (χ3n) is 3.54. The fourth-order valence-corrected chi connectivity index (χ4v) is 2.42. The second-order valence-electron chi connectivity index (χ2n) is 4.95. The van der Waals surface area contributed by atoms with Crippen molar-refractivity contribution >= 4 is 5.69 Å². The highest BCUT2D eigenvalue weighted by molar-refractivity contribution is 5.43. The van der Waals surface area contributed by atoms with Gasteiger partial charge in [0.2, 0.25) is 0 Å². The number of morpholine rings is 1. The Labute approximate surface area is 115 Å². The highest BCUT2D eigenvalue weighted by Gasteiger charge is 2.20. The van der Waals surface area contributed by atoms with Crippen LogP contribution in [0.25, 0.3) is 0 Å². The summed E-state index contributed by atoms with van der Waals surface area (Å²) in [5.41, 5.74) is 6.46. The molecule has 1 unspecified atom stereocenters. The SMILES string of the molecule is CCC1COCCN1CCCOc1cccc(N)c1. The molecule has 0 aromatic heterocycles. The lowest BCUT2D eigenvalue weighted by molar-refractivity contribution is -0.0102. The summed E-state index contributed by atoms with van der Waals surface area (Å²) in [7, 11) is 0. The molecule has 1 aromatic rings. The number of nitrogens with zero attached hydrogens (tertiary/aromatic N) is 1. The van der Waals surface area contributed by atoms with Crippen LogP contribution >= 0.6 is 0 Å². The maximum Gasteiger partial charge on any atom is 0.121 e. The van der Waals surface area contributed by atoms with E-state index in [9.17, 15) is 0 Å². The maximum absolute atomic E-state index is 5.71. The van der Waals surface area contributed by atoms with Crippen molar-refractivity contribution < 1.29 is 9.47 Å². The molecule has 0 spiro atoms. The van der Waals surface area contributed by atoms with Gasteiger partial charge in [0.1, 0.15) is 5.75 Å². The first-order valence-corrected chi connectivity index (χ1v) is 7.09. The zero-order valence-electron chi connectivity index (χ0n) is 11.7. The van der Waals surface area contributed by atoms with Crippen molar-refractivity contribution in [2.75, 3.05) is 38.6 Å². The minimum atomic E-state index is 0.570. The number of rotatable bonds is 6. The molecule has 4 nitrogen and oxygen atoms in total. The van der Waals surface area contributed by atoms with Crippen molar-refractivity contribution in [1.29, 1.82) is 0 Å². The zero-order chi connectivity index (χ0) is 13.5. The van der Waals surface area contributed by atoms with E-state index >= 15 is 0 Å². The van der Waals surface area contributed by atoms with Gasteiger partial charge in [-0.3, -0.25) is 4.90 Å². The quantitative estimate of drug-likeness (QED) is 0.632. The van der Waals surface area contributed by atoms with Gasteiger partial charge in [-0.25, -0.2) is 0 Å². The van der Waals surface area contributed by atoms with Gasteiger partial charge in [0.15, 0.2) is 0 Å². The highest BCUT2D eigenvalue weighted by Crippen LogP contribution is 2.15. The van der Waals surface area contributed by atoms with Crippen LogP contribution in [0.3, 0.4) is 0 Å². The fourth-order valence-electron chi connectivity index (χ4n) is 2.42. The van der Waals surface area contributed by atoms with Crippen molar-refractivity contribution in [3.05, 3.63) is 24.3 Å². The van der Waals surface area contributed by atoms with E-state index in [1.807, 2.05) is 24.3 Å². The minimum absolute atomic E-state index is 0.570. The van der Waals surface area contributed by atoms with E-state index in [0.29, 0.717) is 6.04 Å². The van der Waals surface area contributed by atoms with Gasteiger partial charge in [-0.05, 0) is 25.0 Å². The van der Waals surface area contributed by atoms with E-state index in [1.165, 1.54) is 0 Å².